The molecule has 2 rings (SSSR count). The van der Waals surface area contributed by atoms with E-state index in [0.717, 1.165) is 17.6 Å². The summed E-state index contributed by atoms with van der Waals surface area (Å²) < 4.78 is 93.1. The van der Waals surface area contributed by atoms with Gasteiger partial charge in [0.15, 0.2) is 11.5 Å². The number of rotatable bonds is 5. The fourth-order valence-electron chi connectivity index (χ4n) is 2.04. The van der Waals surface area contributed by atoms with Gasteiger partial charge >= 0.3 is 12.4 Å². The zero-order valence-corrected chi connectivity index (χ0v) is 16.1. The molecular weight excluding hydrogens is 453 g/mol. The summed E-state index contributed by atoms with van der Waals surface area (Å²) in [5.74, 6) is -2.85. The maximum atomic E-state index is 14.0. The van der Waals surface area contributed by atoms with E-state index in [4.69, 9.17) is 11.6 Å². The van der Waals surface area contributed by atoms with Gasteiger partial charge in [0.05, 0.1) is 15.6 Å². The maximum Gasteiger partial charge on any atom is 0.436 e. The smallest absolute Gasteiger partial charge is 0.344 e. The fourth-order valence-corrected chi connectivity index (χ4v) is 3.26. The minimum Gasteiger partial charge on any atom is -0.344 e. The number of anilines is 1. The summed E-state index contributed by atoms with van der Waals surface area (Å²) in [6.07, 6.45) is -7.68. The van der Waals surface area contributed by atoms with E-state index >= 15 is 0 Å². The number of nitrogens with one attached hydrogen (secondary N) is 2. The summed E-state index contributed by atoms with van der Waals surface area (Å²) in [5.41, 5.74) is -2.89. The van der Waals surface area contributed by atoms with Crippen LogP contribution in [0.3, 0.4) is 0 Å². The molecule has 0 saturated heterocycles. The minimum atomic E-state index is -5.07. The van der Waals surface area contributed by atoms with Crippen LogP contribution in [-0.4, -0.2) is 27.7 Å². The lowest BCUT2D eigenvalue weighted by Crippen LogP contribution is -2.35. The van der Waals surface area contributed by atoms with E-state index < -0.39 is 41.5 Å². The molecule has 160 valence electrons. The van der Waals surface area contributed by atoms with Crippen molar-refractivity contribution < 1.29 is 35.5 Å². The molecule has 0 aromatic carbocycles. The Morgan fingerprint density at radius 1 is 1.28 bits per heavy atom. The second kappa shape index (κ2) is 8.40. The standard InChI is InChI=1S/C15H12ClF7N4OS/c1-6(14(18,19)20)26-29-8-5-27(2)11(9(8)16)13(28)25-7-3-4-24-12(10(7)17)15(21,22)23/h3-6,26H,1-2H3,(H,24,25,28)/t6-/m1/s1. The van der Waals surface area contributed by atoms with E-state index in [2.05, 4.69) is 9.71 Å². The second-order valence-corrected chi connectivity index (χ2v) is 6.98. The number of amides is 1. The van der Waals surface area contributed by atoms with Crippen molar-refractivity contribution in [3.8, 4) is 0 Å². The topological polar surface area (TPSA) is 59.0 Å². The van der Waals surface area contributed by atoms with E-state index in [1.54, 1.807) is 0 Å². The predicted octanol–water partition coefficient (Wildman–Crippen LogP) is 5.03. The first kappa shape index (κ1) is 23.3. The Balaban J connectivity index is 2.24. The average molecular weight is 465 g/mol. The van der Waals surface area contributed by atoms with Gasteiger partial charge in [-0.1, -0.05) is 11.6 Å². The Morgan fingerprint density at radius 2 is 1.90 bits per heavy atom. The molecule has 0 spiro atoms. The predicted molar refractivity (Wildman–Crippen MR) is 92.1 cm³/mol. The molecule has 1 atom stereocenters. The van der Waals surface area contributed by atoms with Crippen molar-refractivity contribution >= 4 is 35.1 Å². The molecule has 14 heteroatoms. The van der Waals surface area contributed by atoms with Crippen LogP contribution < -0.4 is 10.0 Å². The minimum absolute atomic E-state index is 0.0570. The van der Waals surface area contributed by atoms with Crippen LogP contribution in [0.25, 0.3) is 0 Å². The third-order valence-electron chi connectivity index (χ3n) is 3.55. The normalized spacial score (nSPS) is 13.4. The van der Waals surface area contributed by atoms with Crippen LogP contribution in [0.1, 0.15) is 23.1 Å². The number of pyridine rings is 1. The molecule has 0 bridgehead atoms. The SMILES string of the molecule is C[C@@H](NSc1cn(C)c(C(=O)Nc2ccnc(C(F)(F)F)c2F)c1Cl)C(F)(F)F. The Morgan fingerprint density at radius 3 is 2.45 bits per heavy atom. The number of alkyl halides is 6. The molecule has 0 saturated carbocycles. The molecular formula is C15H12ClF7N4OS. The van der Waals surface area contributed by atoms with Gasteiger partial charge in [0, 0.05) is 19.4 Å². The lowest BCUT2D eigenvalue weighted by Gasteiger charge is -2.15. The van der Waals surface area contributed by atoms with Crippen LogP contribution >= 0.6 is 23.5 Å². The van der Waals surface area contributed by atoms with Crippen LogP contribution in [0.15, 0.2) is 23.4 Å². The van der Waals surface area contributed by atoms with Gasteiger partial charge in [-0.05, 0) is 24.9 Å². The largest absolute Gasteiger partial charge is 0.436 e. The third-order valence-corrected chi connectivity index (χ3v) is 5.04. The highest BCUT2D eigenvalue weighted by Gasteiger charge is 2.38. The van der Waals surface area contributed by atoms with Crippen molar-refractivity contribution in [1.82, 2.24) is 14.3 Å². The highest BCUT2D eigenvalue weighted by Crippen LogP contribution is 2.34. The molecule has 5 nitrogen and oxygen atoms in total. The molecule has 2 heterocycles. The average Bonchev–Trinajstić information content (AvgIpc) is 2.86. The van der Waals surface area contributed by atoms with Crippen LogP contribution in [0, 0.1) is 5.82 Å². The summed E-state index contributed by atoms with van der Waals surface area (Å²) in [7, 11) is 1.34. The highest BCUT2D eigenvalue weighted by molar-refractivity contribution is 7.97. The molecule has 0 aliphatic heterocycles. The van der Waals surface area contributed by atoms with Crippen LogP contribution in [0.4, 0.5) is 36.4 Å². The molecule has 2 aromatic rings. The van der Waals surface area contributed by atoms with Gasteiger partial charge in [0.25, 0.3) is 5.91 Å². The van der Waals surface area contributed by atoms with Gasteiger partial charge in [-0.2, -0.15) is 26.3 Å². The highest BCUT2D eigenvalue weighted by atomic mass is 35.5. The first-order chi connectivity index (χ1) is 13.2. The van der Waals surface area contributed by atoms with Crippen molar-refractivity contribution in [3.63, 3.8) is 0 Å². The summed E-state index contributed by atoms with van der Waals surface area (Å²) in [4.78, 5) is 15.3. The van der Waals surface area contributed by atoms with Crippen molar-refractivity contribution in [2.45, 2.75) is 30.2 Å². The van der Waals surface area contributed by atoms with Crippen molar-refractivity contribution in [1.29, 1.82) is 0 Å². The number of hydrogen-bond donors (Lipinski definition) is 2. The summed E-state index contributed by atoms with van der Waals surface area (Å²) >= 11 is 6.54. The Hall–Kier alpha value is -1.99. The van der Waals surface area contributed by atoms with Crippen molar-refractivity contribution in [2.24, 2.45) is 7.05 Å². The monoisotopic (exact) mass is 464 g/mol. The zero-order chi connectivity index (χ0) is 22.1. The summed E-state index contributed by atoms with van der Waals surface area (Å²) in [5, 5.41) is 1.69. The second-order valence-electron chi connectivity index (χ2n) is 5.72. The van der Waals surface area contributed by atoms with E-state index in [9.17, 15) is 35.5 Å². The Labute approximate surface area is 168 Å². The third kappa shape index (κ3) is 5.34. The summed E-state index contributed by atoms with van der Waals surface area (Å²) in [6.45, 7) is 0.877. The molecule has 1 amide bonds. The number of halogens is 8. The van der Waals surface area contributed by atoms with Crippen LogP contribution in [-0.2, 0) is 13.2 Å². The Bertz CT molecular complexity index is 913. The van der Waals surface area contributed by atoms with Crippen molar-refractivity contribution in [3.05, 3.63) is 40.7 Å². The number of aromatic nitrogens is 2. The van der Waals surface area contributed by atoms with E-state index in [-0.39, 0.29) is 15.6 Å². The molecule has 0 fully saturated rings. The van der Waals surface area contributed by atoms with Gasteiger partial charge in [0.2, 0.25) is 0 Å². The van der Waals surface area contributed by atoms with E-state index in [1.165, 1.54) is 13.2 Å². The summed E-state index contributed by atoms with van der Waals surface area (Å²) in [6, 6.07) is -1.06. The molecule has 2 aromatic heterocycles. The number of carbonyl (C=O) groups is 1. The first-order valence-electron chi connectivity index (χ1n) is 7.60. The number of aryl methyl sites for hydroxylation is 1. The molecule has 0 unspecified atom stereocenters. The first-order valence-corrected chi connectivity index (χ1v) is 8.79. The molecule has 2 N–H and O–H groups in total. The van der Waals surface area contributed by atoms with Crippen LogP contribution in [0.2, 0.25) is 5.02 Å². The van der Waals surface area contributed by atoms with E-state index in [0.29, 0.717) is 18.1 Å². The van der Waals surface area contributed by atoms with Gasteiger partial charge in [-0.25, -0.2) is 14.1 Å². The van der Waals surface area contributed by atoms with Crippen molar-refractivity contribution in [2.75, 3.05) is 5.32 Å². The van der Waals surface area contributed by atoms with Gasteiger partial charge in [-0.15, -0.1) is 0 Å². The lowest BCUT2D eigenvalue weighted by molar-refractivity contribution is -0.146. The maximum absolute atomic E-state index is 14.0. The fraction of sp³-hybridized carbons (Fsp3) is 0.333. The van der Waals surface area contributed by atoms with Crippen LogP contribution in [0.5, 0.6) is 0 Å². The molecule has 0 radical (unpaired) electrons. The van der Waals surface area contributed by atoms with E-state index in [1.807, 2.05) is 5.32 Å². The number of carbonyl (C=O) groups excluding carboxylic acids is 1. The zero-order valence-electron chi connectivity index (χ0n) is 14.5. The van der Waals surface area contributed by atoms with Gasteiger partial charge < -0.3 is 9.88 Å². The quantitative estimate of drug-likeness (QED) is 0.481. The molecule has 29 heavy (non-hydrogen) atoms. The lowest BCUT2D eigenvalue weighted by atomic mass is 10.2. The van der Waals surface area contributed by atoms with Gasteiger partial charge in [0.1, 0.15) is 11.7 Å². The number of hydrogen-bond acceptors (Lipinski definition) is 4. The van der Waals surface area contributed by atoms with Gasteiger partial charge in [-0.3, -0.25) is 4.79 Å². The Kier molecular flexibility index (Phi) is 6.75. The molecule has 0 aliphatic rings. The number of nitrogens with zero attached hydrogens (tertiary/aromatic N) is 2. The molecule has 0 aliphatic carbocycles.